The maximum absolute atomic E-state index is 6.08. The highest BCUT2D eigenvalue weighted by Gasteiger charge is 2.14. The van der Waals surface area contributed by atoms with Crippen molar-refractivity contribution >= 4 is 32.6 Å². The van der Waals surface area contributed by atoms with Crippen molar-refractivity contribution in [1.82, 2.24) is 14.5 Å². The summed E-state index contributed by atoms with van der Waals surface area (Å²) >= 11 is 0. The second kappa shape index (κ2) is 7.65. The van der Waals surface area contributed by atoms with Crippen LogP contribution in [0.2, 0.25) is 0 Å². The fraction of sp³-hybridized carbons (Fsp3) is 0.375. The van der Waals surface area contributed by atoms with E-state index in [2.05, 4.69) is 58.8 Å². The Labute approximate surface area is 170 Å². The zero-order valence-electron chi connectivity index (χ0n) is 17.1. The van der Waals surface area contributed by atoms with E-state index in [1.54, 1.807) is 0 Å². The number of ether oxygens (including phenoxy) is 2. The Kier molecular flexibility index (Phi) is 4.86. The van der Waals surface area contributed by atoms with E-state index in [0.29, 0.717) is 0 Å². The third-order valence-electron chi connectivity index (χ3n) is 6.11. The lowest BCUT2D eigenvalue weighted by Gasteiger charge is -2.26. The summed E-state index contributed by atoms with van der Waals surface area (Å²) in [5.41, 5.74) is 3.78. The Morgan fingerprint density at radius 1 is 1.07 bits per heavy atom. The fourth-order valence-electron chi connectivity index (χ4n) is 4.58. The van der Waals surface area contributed by atoms with Gasteiger partial charge in [-0.05, 0) is 48.6 Å². The Balaban J connectivity index is 1.41. The monoisotopic (exact) mass is 389 g/mol. The van der Waals surface area contributed by atoms with Crippen molar-refractivity contribution < 1.29 is 9.47 Å². The molecule has 1 aliphatic rings. The smallest absolute Gasteiger partial charge is 0.121 e. The maximum Gasteiger partial charge on any atom is 0.121 e. The predicted molar refractivity (Wildman–Crippen MR) is 118 cm³/mol. The molecule has 0 saturated carbocycles. The van der Waals surface area contributed by atoms with Gasteiger partial charge < -0.3 is 14.0 Å². The molecule has 1 saturated heterocycles. The van der Waals surface area contributed by atoms with Crippen LogP contribution in [0.4, 0.5) is 0 Å². The van der Waals surface area contributed by atoms with Gasteiger partial charge in [-0.2, -0.15) is 0 Å². The molecule has 5 rings (SSSR count). The van der Waals surface area contributed by atoms with E-state index in [1.165, 1.54) is 38.1 Å². The molecule has 0 bridgehead atoms. The van der Waals surface area contributed by atoms with E-state index in [4.69, 9.17) is 9.47 Å². The highest BCUT2D eigenvalue weighted by Crippen LogP contribution is 2.36. The average molecular weight is 389 g/mol. The molecule has 0 unspecified atom stereocenters. The summed E-state index contributed by atoms with van der Waals surface area (Å²) in [6, 6.07) is 10.8. The largest absolute Gasteiger partial charge is 0.493 e. The van der Waals surface area contributed by atoms with Crippen LogP contribution < -0.4 is 4.74 Å². The van der Waals surface area contributed by atoms with Gasteiger partial charge in [-0.1, -0.05) is 0 Å². The van der Waals surface area contributed by atoms with Crippen LogP contribution in [0, 0.1) is 6.92 Å². The Morgan fingerprint density at radius 2 is 1.93 bits per heavy atom. The molecule has 5 nitrogen and oxygen atoms in total. The van der Waals surface area contributed by atoms with Gasteiger partial charge in [0.05, 0.1) is 30.9 Å². The van der Waals surface area contributed by atoms with E-state index in [1.807, 2.05) is 12.4 Å². The van der Waals surface area contributed by atoms with Crippen LogP contribution in [0.25, 0.3) is 32.6 Å². The number of fused-ring (bicyclic) bond motifs is 4. The lowest BCUT2D eigenvalue weighted by Crippen LogP contribution is -2.37. The molecule has 0 aliphatic carbocycles. The lowest BCUT2D eigenvalue weighted by atomic mass is 10.0. The average Bonchev–Trinajstić information content (AvgIpc) is 3.04. The third kappa shape index (κ3) is 3.34. The number of aromatic nitrogens is 2. The number of rotatable bonds is 5. The summed E-state index contributed by atoms with van der Waals surface area (Å²) in [6.45, 7) is 7.77. The summed E-state index contributed by atoms with van der Waals surface area (Å²) in [7, 11) is 2.15. The van der Waals surface area contributed by atoms with Crippen molar-refractivity contribution in [2.24, 2.45) is 7.05 Å². The summed E-state index contributed by atoms with van der Waals surface area (Å²) < 4.78 is 13.8. The molecule has 4 aromatic rings. The summed E-state index contributed by atoms with van der Waals surface area (Å²) in [4.78, 5) is 6.75. The molecule has 5 heteroatoms. The van der Waals surface area contributed by atoms with E-state index in [0.717, 1.165) is 51.6 Å². The van der Waals surface area contributed by atoms with Gasteiger partial charge in [-0.15, -0.1) is 0 Å². The summed E-state index contributed by atoms with van der Waals surface area (Å²) in [5, 5.41) is 4.99. The van der Waals surface area contributed by atoms with Gasteiger partial charge in [0.25, 0.3) is 0 Å². The first-order valence-corrected chi connectivity index (χ1v) is 10.4. The topological polar surface area (TPSA) is 39.5 Å². The Bertz CT molecular complexity index is 1180. The van der Waals surface area contributed by atoms with E-state index in [9.17, 15) is 0 Å². The van der Waals surface area contributed by atoms with E-state index >= 15 is 0 Å². The quantitative estimate of drug-likeness (QED) is 0.478. The van der Waals surface area contributed by atoms with Crippen LogP contribution in [0.1, 0.15) is 12.0 Å². The number of benzene rings is 2. The molecular formula is C24H27N3O2. The van der Waals surface area contributed by atoms with Crippen molar-refractivity contribution in [3.05, 3.63) is 48.3 Å². The highest BCUT2D eigenvalue weighted by atomic mass is 16.5. The summed E-state index contributed by atoms with van der Waals surface area (Å²) in [5.74, 6) is 0.939. The number of hydrogen-bond donors (Lipinski definition) is 0. The second-order valence-electron chi connectivity index (χ2n) is 7.89. The zero-order chi connectivity index (χ0) is 19.8. The normalized spacial score (nSPS) is 15.5. The summed E-state index contributed by atoms with van der Waals surface area (Å²) in [6.07, 6.45) is 4.85. The van der Waals surface area contributed by atoms with Gasteiger partial charge in [0.2, 0.25) is 0 Å². The molecule has 1 fully saturated rings. The molecule has 3 heterocycles. The van der Waals surface area contributed by atoms with Crippen molar-refractivity contribution in [1.29, 1.82) is 0 Å². The minimum atomic E-state index is 0.737. The first-order chi connectivity index (χ1) is 14.2. The molecule has 150 valence electrons. The molecule has 2 aromatic heterocycles. The molecule has 0 amide bonds. The number of pyridine rings is 1. The van der Waals surface area contributed by atoms with Crippen LogP contribution in [0.5, 0.6) is 5.75 Å². The zero-order valence-corrected chi connectivity index (χ0v) is 17.1. The molecule has 0 spiro atoms. The van der Waals surface area contributed by atoms with Crippen LogP contribution >= 0.6 is 0 Å². The molecule has 0 N–H and O–H groups in total. The number of nitrogens with zero attached hydrogens (tertiary/aromatic N) is 3. The maximum atomic E-state index is 6.08. The standard InChI is InChI=1S/C24H27N3O2/c1-17-20-6-7-25-16-18(20)14-22-21-5-4-19(15-23(21)26(2)24(17)22)29-11-3-8-27-9-12-28-13-10-27/h4-7,14-16H,3,8-13H2,1-2H3. The van der Waals surface area contributed by atoms with Gasteiger partial charge in [0.15, 0.2) is 0 Å². The van der Waals surface area contributed by atoms with Crippen molar-refractivity contribution in [3.63, 3.8) is 0 Å². The van der Waals surface area contributed by atoms with Gasteiger partial charge in [0, 0.05) is 61.3 Å². The number of hydrogen-bond acceptors (Lipinski definition) is 4. The number of aryl methyl sites for hydroxylation is 2. The molecule has 29 heavy (non-hydrogen) atoms. The minimum absolute atomic E-state index is 0.737. The van der Waals surface area contributed by atoms with Crippen molar-refractivity contribution in [3.8, 4) is 5.75 Å². The minimum Gasteiger partial charge on any atom is -0.493 e. The van der Waals surface area contributed by atoms with Crippen molar-refractivity contribution in [2.45, 2.75) is 13.3 Å². The predicted octanol–water partition coefficient (Wildman–Crippen LogP) is 4.29. The number of morpholine rings is 1. The molecule has 0 atom stereocenters. The van der Waals surface area contributed by atoms with Crippen LogP contribution in [-0.2, 0) is 11.8 Å². The van der Waals surface area contributed by atoms with E-state index in [-0.39, 0.29) is 0 Å². The molecule has 2 aromatic carbocycles. The fourth-order valence-corrected chi connectivity index (χ4v) is 4.58. The van der Waals surface area contributed by atoms with Gasteiger partial charge in [-0.3, -0.25) is 9.88 Å². The van der Waals surface area contributed by atoms with Gasteiger partial charge >= 0.3 is 0 Å². The Hall–Kier alpha value is -2.63. The third-order valence-corrected chi connectivity index (χ3v) is 6.11. The SMILES string of the molecule is Cc1c2ccncc2cc2c3ccc(OCCCN4CCOCC4)cc3n(C)c12. The molecule has 1 aliphatic heterocycles. The van der Waals surface area contributed by atoms with Crippen LogP contribution in [0.15, 0.2) is 42.7 Å². The first-order valence-electron chi connectivity index (χ1n) is 10.4. The van der Waals surface area contributed by atoms with Crippen molar-refractivity contribution in [2.75, 3.05) is 39.5 Å². The second-order valence-corrected chi connectivity index (χ2v) is 7.89. The molecular weight excluding hydrogens is 362 g/mol. The van der Waals surface area contributed by atoms with E-state index < -0.39 is 0 Å². The van der Waals surface area contributed by atoms with Crippen LogP contribution in [0.3, 0.4) is 0 Å². The highest BCUT2D eigenvalue weighted by molar-refractivity contribution is 6.14. The first kappa shape index (κ1) is 18.4. The lowest BCUT2D eigenvalue weighted by molar-refractivity contribution is 0.0358. The van der Waals surface area contributed by atoms with Crippen LogP contribution in [-0.4, -0.2) is 53.9 Å². The van der Waals surface area contributed by atoms with Gasteiger partial charge in [0.1, 0.15) is 5.75 Å². The Morgan fingerprint density at radius 3 is 2.79 bits per heavy atom. The van der Waals surface area contributed by atoms with Gasteiger partial charge in [-0.25, -0.2) is 0 Å². The molecule has 0 radical (unpaired) electrons.